The standard InChI is InChI=1S/C13H11FN2O4S/c1-16(10-3-2-6-15-8-10)21(19,20)12-5-4-9(13(17)18)7-11(12)14/h2-8H,1H3,(H,17,18). The molecule has 1 N–H and O–H groups in total. The number of aromatic nitrogens is 1. The van der Waals surface area contributed by atoms with E-state index >= 15 is 0 Å². The number of halogens is 1. The molecule has 6 nitrogen and oxygen atoms in total. The van der Waals surface area contributed by atoms with Gasteiger partial charge in [0.15, 0.2) is 0 Å². The smallest absolute Gasteiger partial charge is 0.335 e. The van der Waals surface area contributed by atoms with Gasteiger partial charge in [-0.1, -0.05) is 0 Å². The number of carbonyl (C=O) groups is 1. The third-order valence-corrected chi connectivity index (χ3v) is 4.65. The molecule has 2 rings (SSSR count). The lowest BCUT2D eigenvalue weighted by molar-refractivity contribution is 0.0696. The summed E-state index contributed by atoms with van der Waals surface area (Å²) in [6.45, 7) is 0. The fraction of sp³-hybridized carbons (Fsp3) is 0.0769. The molecule has 0 radical (unpaired) electrons. The SMILES string of the molecule is CN(c1cccnc1)S(=O)(=O)c1ccc(C(=O)O)cc1F. The van der Waals surface area contributed by atoms with Crippen LogP contribution in [0.15, 0.2) is 47.6 Å². The minimum atomic E-state index is -4.14. The number of aromatic carboxylic acids is 1. The Kier molecular flexibility index (Phi) is 3.90. The number of carboxylic acid groups (broad SMARTS) is 1. The van der Waals surface area contributed by atoms with Crippen LogP contribution in [-0.4, -0.2) is 31.5 Å². The number of anilines is 1. The molecule has 0 amide bonds. The van der Waals surface area contributed by atoms with Crippen molar-refractivity contribution in [1.82, 2.24) is 4.98 Å². The van der Waals surface area contributed by atoms with Gasteiger partial charge < -0.3 is 5.11 Å². The Bertz CT molecular complexity index is 778. The van der Waals surface area contributed by atoms with Gasteiger partial charge in [-0.2, -0.15) is 0 Å². The Morgan fingerprint density at radius 3 is 2.57 bits per heavy atom. The first-order valence-electron chi connectivity index (χ1n) is 5.76. The number of sulfonamides is 1. The topological polar surface area (TPSA) is 87.6 Å². The molecule has 8 heteroatoms. The van der Waals surface area contributed by atoms with Gasteiger partial charge in [-0.05, 0) is 30.3 Å². The quantitative estimate of drug-likeness (QED) is 0.929. The molecule has 0 aliphatic carbocycles. The normalized spacial score (nSPS) is 11.1. The van der Waals surface area contributed by atoms with E-state index in [1.54, 1.807) is 6.07 Å². The van der Waals surface area contributed by atoms with Crippen LogP contribution in [0.4, 0.5) is 10.1 Å². The molecule has 110 valence electrons. The second kappa shape index (κ2) is 5.49. The second-order valence-electron chi connectivity index (χ2n) is 4.13. The molecule has 1 aromatic heterocycles. The predicted molar refractivity (Wildman–Crippen MR) is 73.2 cm³/mol. The number of hydrogen-bond donors (Lipinski definition) is 1. The van der Waals surface area contributed by atoms with Crippen molar-refractivity contribution in [3.8, 4) is 0 Å². The number of rotatable bonds is 4. The van der Waals surface area contributed by atoms with Crippen molar-refractivity contribution in [2.45, 2.75) is 4.90 Å². The van der Waals surface area contributed by atoms with Gasteiger partial charge >= 0.3 is 5.97 Å². The van der Waals surface area contributed by atoms with E-state index in [0.29, 0.717) is 6.07 Å². The minimum Gasteiger partial charge on any atom is -0.478 e. The first-order valence-corrected chi connectivity index (χ1v) is 7.20. The monoisotopic (exact) mass is 310 g/mol. The summed E-state index contributed by atoms with van der Waals surface area (Å²) in [5.41, 5.74) is -0.0605. The second-order valence-corrected chi connectivity index (χ2v) is 6.07. The fourth-order valence-electron chi connectivity index (χ4n) is 1.67. The fourth-order valence-corrected chi connectivity index (χ4v) is 2.90. The average Bonchev–Trinajstić information content (AvgIpc) is 2.46. The Balaban J connectivity index is 2.47. The summed E-state index contributed by atoms with van der Waals surface area (Å²) in [5.74, 6) is -2.45. The maximum atomic E-state index is 13.9. The summed E-state index contributed by atoms with van der Waals surface area (Å²) in [4.78, 5) is 13.9. The minimum absolute atomic E-state index is 0.263. The van der Waals surface area contributed by atoms with Gasteiger partial charge in [0.2, 0.25) is 0 Å². The van der Waals surface area contributed by atoms with Gasteiger partial charge in [-0.15, -0.1) is 0 Å². The highest BCUT2D eigenvalue weighted by atomic mass is 32.2. The first kappa shape index (κ1) is 14.9. The molecule has 0 aliphatic rings. The zero-order valence-electron chi connectivity index (χ0n) is 10.9. The first-order chi connectivity index (χ1) is 9.84. The Morgan fingerprint density at radius 2 is 2.05 bits per heavy atom. The Labute approximate surface area is 120 Å². The molecule has 0 aliphatic heterocycles. The van der Waals surface area contributed by atoms with Gasteiger partial charge in [0.25, 0.3) is 10.0 Å². The van der Waals surface area contributed by atoms with Crippen molar-refractivity contribution < 1.29 is 22.7 Å². The number of pyridine rings is 1. The van der Waals surface area contributed by atoms with Gasteiger partial charge in [0.05, 0.1) is 17.4 Å². The average molecular weight is 310 g/mol. The summed E-state index contributed by atoms with van der Waals surface area (Å²) in [5, 5.41) is 8.76. The van der Waals surface area contributed by atoms with E-state index < -0.39 is 26.7 Å². The highest BCUT2D eigenvalue weighted by molar-refractivity contribution is 7.92. The van der Waals surface area contributed by atoms with Gasteiger partial charge in [0.1, 0.15) is 10.7 Å². The Hall–Kier alpha value is -2.48. The molecule has 0 fully saturated rings. The van der Waals surface area contributed by atoms with E-state index in [4.69, 9.17) is 5.11 Å². The number of nitrogens with zero attached hydrogens (tertiary/aromatic N) is 2. The summed E-state index contributed by atoms with van der Waals surface area (Å²) >= 11 is 0. The van der Waals surface area contributed by atoms with Crippen LogP contribution in [0.2, 0.25) is 0 Å². The van der Waals surface area contributed by atoms with Gasteiger partial charge in [-0.3, -0.25) is 9.29 Å². The molecular weight excluding hydrogens is 299 g/mol. The van der Waals surface area contributed by atoms with Crippen molar-refractivity contribution in [3.05, 3.63) is 54.1 Å². The lowest BCUT2D eigenvalue weighted by Gasteiger charge is -2.19. The predicted octanol–water partition coefficient (Wildman–Crippen LogP) is 1.74. The van der Waals surface area contributed by atoms with Crippen LogP contribution in [0.1, 0.15) is 10.4 Å². The lowest BCUT2D eigenvalue weighted by Crippen LogP contribution is -2.27. The van der Waals surface area contributed by atoms with E-state index in [-0.39, 0.29) is 11.3 Å². The van der Waals surface area contributed by atoms with Gasteiger partial charge in [-0.25, -0.2) is 17.6 Å². The molecule has 1 aromatic carbocycles. The molecule has 0 spiro atoms. The van der Waals surface area contributed by atoms with Crippen LogP contribution < -0.4 is 4.31 Å². The molecule has 21 heavy (non-hydrogen) atoms. The van der Waals surface area contributed by atoms with Crippen LogP contribution in [-0.2, 0) is 10.0 Å². The van der Waals surface area contributed by atoms with Crippen molar-refractivity contribution in [3.63, 3.8) is 0 Å². The zero-order chi connectivity index (χ0) is 15.6. The van der Waals surface area contributed by atoms with Crippen LogP contribution in [0, 0.1) is 5.82 Å². The number of benzene rings is 1. The molecular formula is C13H11FN2O4S. The van der Waals surface area contributed by atoms with Crippen molar-refractivity contribution in [2.75, 3.05) is 11.4 Å². The third-order valence-electron chi connectivity index (χ3n) is 2.83. The van der Waals surface area contributed by atoms with E-state index in [1.807, 2.05) is 0 Å². The molecule has 0 bridgehead atoms. The maximum Gasteiger partial charge on any atom is 0.335 e. The van der Waals surface area contributed by atoms with E-state index in [2.05, 4.69) is 4.98 Å². The highest BCUT2D eigenvalue weighted by Crippen LogP contribution is 2.23. The van der Waals surface area contributed by atoms with Gasteiger partial charge in [0, 0.05) is 13.2 Å². The van der Waals surface area contributed by atoms with E-state index in [9.17, 15) is 17.6 Å². The maximum absolute atomic E-state index is 13.9. The van der Waals surface area contributed by atoms with Crippen molar-refractivity contribution in [2.24, 2.45) is 0 Å². The van der Waals surface area contributed by atoms with Crippen LogP contribution in [0.3, 0.4) is 0 Å². The zero-order valence-corrected chi connectivity index (χ0v) is 11.7. The molecule has 0 unspecified atom stereocenters. The van der Waals surface area contributed by atoms with E-state index in [1.165, 1.54) is 25.5 Å². The largest absolute Gasteiger partial charge is 0.478 e. The highest BCUT2D eigenvalue weighted by Gasteiger charge is 2.25. The van der Waals surface area contributed by atoms with E-state index in [0.717, 1.165) is 16.4 Å². The third kappa shape index (κ3) is 2.84. The summed E-state index contributed by atoms with van der Waals surface area (Å²) in [6, 6.07) is 5.70. The molecule has 2 aromatic rings. The van der Waals surface area contributed by atoms with Crippen LogP contribution >= 0.6 is 0 Å². The summed E-state index contributed by atoms with van der Waals surface area (Å²) in [7, 11) is -2.88. The molecule has 0 saturated heterocycles. The molecule has 0 atom stereocenters. The van der Waals surface area contributed by atoms with Crippen LogP contribution in [0.25, 0.3) is 0 Å². The Morgan fingerprint density at radius 1 is 1.33 bits per heavy atom. The number of carboxylic acids is 1. The number of hydrogen-bond acceptors (Lipinski definition) is 4. The summed E-state index contributed by atoms with van der Waals surface area (Å²) < 4.78 is 39.5. The van der Waals surface area contributed by atoms with Crippen LogP contribution in [0.5, 0.6) is 0 Å². The molecule has 0 saturated carbocycles. The van der Waals surface area contributed by atoms with Crippen molar-refractivity contribution in [1.29, 1.82) is 0 Å². The van der Waals surface area contributed by atoms with Crippen molar-refractivity contribution >= 4 is 21.7 Å². The summed E-state index contributed by atoms with van der Waals surface area (Å²) in [6.07, 6.45) is 2.80. The molecule has 1 heterocycles. The lowest BCUT2D eigenvalue weighted by atomic mass is 10.2.